The maximum absolute atomic E-state index is 11.9. The lowest BCUT2D eigenvalue weighted by atomic mass is 9.91. The van der Waals surface area contributed by atoms with E-state index in [1.165, 1.54) is 0 Å². The molecule has 1 aromatic heterocycles. The van der Waals surface area contributed by atoms with Crippen LogP contribution in [-0.4, -0.2) is 51.2 Å². The summed E-state index contributed by atoms with van der Waals surface area (Å²) in [5.41, 5.74) is 0. The number of carboxylic acid groups (broad SMARTS) is 1. The third-order valence-corrected chi connectivity index (χ3v) is 3.41. The van der Waals surface area contributed by atoms with Gasteiger partial charge in [-0.1, -0.05) is 12.0 Å². The van der Waals surface area contributed by atoms with Crippen LogP contribution in [0.4, 0.5) is 6.01 Å². The van der Waals surface area contributed by atoms with Crippen LogP contribution in [0.25, 0.3) is 0 Å². The van der Waals surface area contributed by atoms with Gasteiger partial charge in [0.05, 0.1) is 6.54 Å². The largest absolute Gasteiger partial charge is 0.480 e. The predicted octanol–water partition coefficient (Wildman–Crippen LogP) is 0.502. The van der Waals surface area contributed by atoms with Gasteiger partial charge in [-0.15, -0.1) is 5.10 Å². The minimum atomic E-state index is -0.890. The Bertz CT molecular complexity index is 501. The van der Waals surface area contributed by atoms with Gasteiger partial charge in [0.1, 0.15) is 6.04 Å². The molecule has 110 valence electrons. The summed E-state index contributed by atoms with van der Waals surface area (Å²) in [4.78, 5) is 24.9. The molecule has 0 spiro atoms. The third-order valence-electron chi connectivity index (χ3n) is 3.41. The van der Waals surface area contributed by atoms with Crippen LogP contribution in [0.5, 0.6) is 0 Å². The quantitative estimate of drug-likeness (QED) is 0.827. The summed E-state index contributed by atoms with van der Waals surface area (Å²) in [6.07, 6.45) is 1.75. The van der Waals surface area contributed by atoms with Crippen molar-refractivity contribution in [1.29, 1.82) is 0 Å². The highest BCUT2D eigenvalue weighted by molar-refractivity contribution is 5.90. The normalized spacial score (nSPS) is 23.5. The Labute approximate surface area is 116 Å². The fraction of sp³-hybridized carbons (Fsp3) is 0.667. The van der Waals surface area contributed by atoms with Crippen molar-refractivity contribution >= 4 is 17.9 Å². The Hall–Kier alpha value is -1.96. The molecular formula is C12H18N4O4. The molecule has 20 heavy (non-hydrogen) atoms. The Kier molecular flexibility index (Phi) is 4.33. The van der Waals surface area contributed by atoms with E-state index >= 15 is 0 Å². The van der Waals surface area contributed by atoms with Gasteiger partial charge >= 0.3 is 12.0 Å². The molecule has 1 fully saturated rings. The van der Waals surface area contributed by atoms with E-state index in [0.29, 0.717) is 12.4 Å². The highest BCUT2D eigenvalue weighted by Crippen LogP contribution is 2.23. The second-order valence-electron chi connectivity index (χ2n) is 5.05. The zero-order valence-electron chi connectivity index (χ0n) is 11.5. The predicted molar refractivity (Wildman–Crippen MR) is 69.1 cm³/mol. The van der Waals surface area contributed by atoms with Gasteiger partial charge in [0.25, 0.3) is 0 Å². The average Bonchev–Trinajstić information content (AvgIpc) is 2.74. The van der Waals surface area contributed by atoms with Gasteiger partial charge < -0.3 is 9.52 Å². The molecule has 0 radical (unpaired) electrons. The van der Waals surface area contributed by atoms with Gasteiger partial charge in [-0.2, -0.15) is 0 Å². The van der Waals surface area contributed by atoms with Gasteiger partial charge in [-0.05, 0) is 25.3 Å². The SMILES string of the molecule is Cc1nnc(NC(=O)CN2CCCC(C)C2C(=O)O)o1. The van der Waals surface area contributed by atoms with Crippen LogP contribution in [0.3, 0.4) is 0 Å². The van der Waals surface area contributed by atoms with Crippen LogP contribution in [0.15, 0.2) is 4.42 Å². The first kappa shape index (κ1) is 14.4. The van der Waals surface area contributed by atoms with Crippen molar-refractivity contribution in [2.45, 2.75) is 32.7 Å². The van der Waals surface area contributed by atoms with E-state index in [2.05, 4.69) is 15.5 Å². The first-order chi connectivity index (χ1) is 9.47. The number of anilines is 1. The maximum atomic E-state index is 11.9. The van der Waals surface area contributed by atoms with Crippen molar-refractivity contribution in [3.8, 4) is 0 Å². The summed E-state index contributed by atoms with van der Waals surface area (Å²) in [6, 6.07) is -0.594. The fourth-order valence-corrected chi connectivity index (χ4v) is 2.54. The van der Waals surface area contributed by atoms with Crippen molar-refractivity contribution in [1.82, 2.24) is 15.1 Å². The van der Waals surface area contributed by atoms with Crippen molar-refractivity contribution in [3.63, 3.8) is 0 Å². The number of rotatable bonds is 4. The Morgan fingerprint density at radius 2 is 2.25 bits per heavy atom. The highest BCUT2D eigenvalue weighted by Gasteiger charge is 2.35. The summed E-state index contributed by atoms with van der Waals surface area (Å²) < 4.78 is 5.05. The maximum Gasteiger partial charge on any atom is 0.322 e. The number of aliphatic carboxylic acids is 1. The van der Waals surface area contributed by atoms with E-state index in [1.54, 1.807) is 11.8 Å². The van der Waals surface area contributed by atoms with Crippen molar-refractivity contribution in [3.05, 3.63) is 5.89 Å². The molecular weight excluding hydrogens is 264 g/mol. The van der Waals surface area contributed by atoms with E-state index in [1.807, 2.05) is 6.92 Å². The number of hydrogen-bond acceptors (Lipinski definition) is 6. The molecule has 2 heterocycles. The molecule has 0 saturated carbocycles. The third kappa shape index (κ3) is 3.32. The molecule has 2 rings (SSSR count). The number of nitrogens with one attached hydrogen (secondary N) is 1. The van der Waals surface area contributed by atoms with Crippen LogP contribution >= 0.6 is 0 Å². The number of amides is 1. The fourth-order valence-electron chi connectivity index (χ4n) is 2.54. The smallest absolute Gasteiger partial charge is 0.322 e. The first-order valence-electron chi connectivity index (χ1n) is 6.54. The number of aryl methyl sites for hydroxylation is 1. The lowest BCUT2D eigenvalue weighted by Crippen LogP contribution is -2.51. The van der Waals surface area contributed by atoms with Crippen molar-refractivity contribution in [2.75, 3.05) is 18.4 Å². The highest BCUT2D eigenvalue weighted by atomic mass is 16.4. The van der Waals surface area contributed by atoms with E-state index in [4.69, 9.17) is 4.42 Å². The number of carboxylic acids is 1. The van der Waals surface area contributed by atoms with Crippen LogP contribution in [0.2, 0.25) is 0 Å². The van der Waals surface area contributed by atoms with Gasteiger partial charge in [0, 0.05) is 6.92 Å². The van der Waals surface area contributed by atoms with Gasteiger partial charge in [-0.25, -0.2) is 0 Å². The summed E-state index contributed by atoms with van der Waals surface area (Å²) >= 11 is 0. The lowest BCUT2D eigenvalue weighted by molar-refractivity contribution is -0.147. The zero-order chi connectivity index (χ0) is 14.7. The molecule has 1 aromatic rings. The zero-order valence-corrected chi connectivity index (χ0v) is 11.5. The van der Waals surface area contributed by atoms with Crippen LogP contribution in [-0.2, 0) is 9.59 Å². The molecule has 8 nitrogen and oxygen atoms in total. The number of piperidine rings is 1. The molecule has 2 unspecified atom stereocenters. The molecule has 0 bridgehead atoms. The molecule has 1 aliphatic heterocycles. The number of hydrogen-bond donors (Lipinski definition) is 2. The Balaban J connectivity index is 1.96. The van der Waals surface area contributed by atoms with Crippen molar-refractivity contribution in [2.24, 2.45) is 5.92 Å². The van der Waals surface area contributed by atoms with Crippen LogP contribution < -0.4 is 5.32 Å². The molecule has 1 amide bonds. The van der Waals surface area contributed by atoms with Crippen LogP contribution in [0, 0.1) is 12.8 Å². The van der Waals surface area contributed by atoms with E-state index in [9.17, 15) is 14.7 Å². The number of likely N-dealkylation sites (tertiary alicyclic amines) is 1. The van der Waals surface area contributed by atoms with E-state index < -0.39 is 12.0 Å². The standard InChI is InChI=1S/C12H18N4O4/c1-7-4-3-5-16(10(7)11(18)19)6-9(17)13-12-15-14-8(2)20-12/h7,10H,3-6H2,1-2H3,(H,18,19)(H,13,15,17). The molecule has 2 N–H and O–H groups in total. The van der Waals surface area contributed by atoms with Crippen molar-refractivity contribution < 1.29 is 19.1 Å². The molecule has 1 saturated heterocycles. The summed E-state index contributed by atoms with van der Waals surface area (Å²) in [7, 11) is 0. The van der Waals surface area contributed by atoms with Gasteiger partial charge in [-0.3, -0.25) is 19.8 Å². The molecule has 0 aliphatic carbocycles. The van der Waals surface area contributed by atoms with E-state index in [0.717, 1.165) is 12.8 Å². The number of nitrogens with zero attached hydrogens (tertiary/aromatic N) is 3. The summed E-state index contributed by atoms with van der Waals surface area (Å²) in [6.45, 7) is 4.11. The second kappa shape index (κ2) is 6.00. The molecule has 0 aromatic carbocycles. The summed E-state index contributed by atoms with van der Waals surface area (Å²) in [5.74, 6) is -0.859. The van der Waals surface area contributed by atoms with Crippen LogP contribution in [0.1, 0.15) is 25.7 Å². The summed E-state index contributed by atoms with van der Waals surface area (Å²) in [5, 5.41) is 19.0. The minimum Gasteiger partial charge on any atom is -0.480 e. The molecule has 8 heteroatoms. The number of carbonyl (C=O) groups is 2. The first-order valence-corrected chi connectivity index (χ1v) is 6.54. The topological polar surface area (TPSA) is 109 Å². The molecule has 1 aliphatic rings. The average molecular weight is 282 g/mol. The second-order valence-corrected chi connectivity index (χ2v) is 5.05. The number of aromatic nitrogens is 2. The lowest BCUT2D eigenvalue weighted by Gasteiger charge is -2.36. The number of carbonyl (C=O) groups excluding carboxylic acids is 1. The monoisotopic (exact) mass is 282 g/mol. The van der Waals surface area contributed by atoms with E-state index in [-0.39, 0.29) is 24.4 Å². The Morgan fingerprint density at radius 1 is 1.50 bits per heavy atom. The minimum absolute atomic E-state index is 0.00271. The molecule has 2 atom stereocenters. The van der Waals surface area contributed by atoms with Gasteiger partial charge in [0.2, 0.25) is 11.8 Å². The van der Waals surface area contributed by atoms with Gasteiger partial charge in [0.15, 0.2) is 0 Å². The Morgan fingerprint density at radius 3 is 2.85 bits per heavy atom.